The number of para-hydroxylation sites is 2. The fraction of sp³-hybridized carbons (Fsp3) is 0. The van der Waals surface area contributed by atoms with Gasteiger partial charge in [0, 0.05) is 49.5 Å². The van der Waals surface area contributed by atoms with Gasteiger partial charge in [0.25, 0.3) is 0 Å². The summed E-state index contributed by atoms with van der Waals surface area (Å²) in [5.74, 6) is 1.48. The van der Waals surface area contributed by atoms with Crippen molar-refractivity contribution in [1.82, 2.24) is 24.1 Å². The normalized spacial score (nSPS) is 11.1. The highest BCUT2D eigenvalue weighted by Gasteiger charge is 2.23. The Hall–Kier alpha value is -11.2. The number of nitrogens with zero attached hydrogens (tertiary/aromatic N) is 9. The molecule has 3 aromatic heterocycles. The van der Waals surface area contributed by atoms with E-state index in [1.165, 1.54) is 0 Å². The van der Waals surface area contributed by atoms with Crippen LogP contribution in [-0.4, -0.2) is 24.1 Å². The van der Waals surface area contributed by atoms with Gasteiger partial charge in [-0.05, 0) is 118 Å². The zero-order valence-electron chi connectivity index (χ0n) is 40.4. The van der Waals surface area contributed by atoms with Crippen LogP contribution in [-0.2, 0) is 0 Å². The second-order valence-corrected chi connectivity index (χ2v) is 18.5. The molecule has 0 aliphatic carbocycles. The molecule has 0 N–H and O–H groups in total. The first-order chi connectivity index (χ1) is 37.4. The summed E-state index contributed by atoms with van der Waals surface area (Å²) < 4.78 is 4.55. The molecule has 0 saturated carbocycles. The molecule has 0 bridgehead atoms. The highest BCUT2D eigenvalue weighted by Crippen LogP contribution is 2.43. The van der Waals surface area contributed by atoms with Crippen molar-refractivity contribution < 1.29 is 0 Å². The standard InChI is InChI=1S/C67H37N9/c1-71-53-33-44(41-70)32-52(34-53)50-23-27-58-57-26-22-49(51-30-42(39-68)29-43(31-51)40-69)37-63(57)76(64(58)38-50)61-28-24-47(48-21-25-56-55-19-11-12-20-60(55)75(62(56)36-48)54-17-9-4-10-18-54)35-59(61)67-73-65(45-13-5-2-6-14-45)72-66(74-67)46-15-7-3-8-16-46/h2-38H. The Balaban J connectivity index is 1.13. The minimum Gasteiger partial charge on any atom is -0.309 e. The van der Waals surface area contributed by atoms with Gasteiger partial charge in [-0.1, -0.05) is 140 Å². The minimum absolute atomic E-state index is 0.370. The molecular formula is C67H37N9. The van der Waals surface area contributed by atoms with Crippen LogP contribution in [0.15, 0.2) is 224 Å². The van der Waals surface area contributed by atoms with E-state index in [2.05, 4.69) is 141 Å². The molecule has 9 nitrogen and oxygen atoms in total. The van der Waals surface area contributed by atoms with Gasteiger partial charge in [-0.25, -0.2) is 19.8 Å². The molecule has 0 amide bonds. The van der Waals surface area contributed by atoms with Crippen molar-refractivity contribution in [2.24, 2.45) is 0 Å². The molecule has 0 aliphatic heterocycles. The Morgan fingerprint density at radius 2 is 0.776 bits per heavy atom. The van der Waals surface area contributed by atoms with Gasteiger partial charge in [-0.15, -0.1) is 0 Å². The van der Waals surface area contributed by atoms with E-state index in [1.807, 2.05) is 91.0 Å². The number of aromatic nitrogens is 5. The van der Waals surface area contributed by atoms with Crippen LogP contribution >= 0.6 is 0 Å². The average Bonchev–Trinajstić information content (AvgIpc) is 4.05. The van der Waals surface area contributed by atoms with Crippen LogP contribution < -0.4 is 0 Å². The lowest BCUT2D eigenvalue weighted by Crippen LogP contribution is -2.04. The first-order valence-electron chi connectivity index (χ1n) is 24.5. The van der Waals surface area contributed by atoms with Crippen molar-refractivity contribution in [2.75, 3.05) is 0 Å². The van der Waals surface area contributed by atoms with Gasteiger partial charge in [0.1, 0.15) is 0 Å². The van der Waals surface area contributed by atoms with Crippen LogP contribution in [0, 0.1) is 40.6 Å². The fourth-order valence-electron chi connectivity index (χ4n) is 10.5. The molecular weight excluding hydrogens is 931 g/mol. The first-order valence-corrected chi connectivity index (χ1v) is 24.5. The molecule has 0 radical (unpaired) electrons. The Bertz CT molecular complexity index is 4420. The monoisotopic (exact) mass is 967 g/mol. The van der Waals surface area contributed by atoms with Gasteiger partial charge >= 0.3 is 0 Å². The van der Waals surface area contributed by atoms with E-state index in [0.717, 1.165) is 105 Å². The lowest BCUT2D eigenvalue weighted by molar-refractivity contribution is 1.06. The van der Waals surface area contributed by atoms with Crippen LogP contribution in [0.3, 0.4) is 0 Å². The predicted octanol–water partition coefficient (Wildman–Crippen LogP) is 16.2. The highest BCUT2D eigenvalue weighted by molar-refractivity contribution is 6.12. The van der Waals surface area contributed by atoms with E-state index in [9.17, 15) is 15.8 Å². The van der Waals surface area contributed by atoms with Crippen molar-refractivity contribution in [3.05, 3.63) is 253 Å². The predicted molar refractivity (Wildman–Crippen MR) is 302 cm³/mol. The number of nitriles is 3. The number of hydrogen-bond donors (Lipinski definition) is 0. The molecule has 13 aromatic rings. The maximum Gasteiger partial charge on any atom is 0.189 e. The third kappa shape index (κ3) is 7.75. The van der Waals surface area contributed by atoms with Gasteiger partial charge in [0.2, 0.25) is 0 Å². The number of benzene rings is 10. The number of hydrogen-bond acceptors (Lipinski definition) is 6. The van der Waals surface area contributed by atoms with Crippen LogP contribution in [0.2, 0.25) is 0 Å². The Labute approximate surface area is 436 Å². The summed E-state index contributed by atoms with van der Waals surface area (Å²) in [5.41, 5.74) is 14.7. The van der Waals surface area contributed by atoms with E-state index in [0.29, 0.717) is 39.9 Å². The second kappa shape index (κ2) is 18.4. The van der Waals surface area contributed by atoms with Gasteiger partial charge in [0.15, 0.2) is 23.2 Å². The van der Waals surface area contributed by atoms with Gasteiger partial charge in [-0.2, -0.15) is 15.8 Å². The molecule has 9 heteroatoms. The molecule has 0 fully saturated rings. The summed E-state index contributed by atoms with van der Waals surface area (Å²) in [5, 5.41) is 34.3. The molecule has 3 heterocycles. The third-order valence-electron chi connectivity index (χ3n) is 14.0. The molecule has 0 atom stereocenters. The second-order valence-electron chi connectivity index (χ2n) is 18.5. The van der Waals surface area contributed by atoms with Crippen molar-refractivity contribution in [3.8, 4) is 97.1 Å². The summed E-state index contributed by atoms with van der Waals surface area (Å²) in [6.07, 6.45) is 0. The number of rotatable bonds is 8. The van der Waals surface area contributed by atoms with E-state index in [-0.39, 0.29) is 0 Å². The average molecular weight is 968 g/mol. The highest BCUT2D eigenvalue weighted by atomic mass is 15.1. The molecule has 76 heavy (non-hydrogen) atoms. The maximum atomic E-state index is 10.0. The smallest absolute Gasteiger partial charge is 0.189 e. The lowest BCUT2D eigenvalue weighted by Gasteiger charge is -2.17. The van der Waals surface area contributed by atoms with Crippen molar-refractivity contribution in [1.29, 1.82) is 15.8 Å². The fourth-order valence-corrected chi connectivity index (χ4v) is 10.5. The van der Waals surface area contributed by atoms with E-state index < -0.39 is 0 Å². The van der Waals surface area contributed by atoms with Crippen LogP contribution in [0.4, 0.5) is 5.69 Å². The molecule has 13 rings (SSSR count). The SMILES string of the molecule is [C-]#[N+]c1cc(C#N)cc(-c2ccc3c4ccc(-c5cc(C#N)cc(C#N)c5)cc4n(-c4ccc(-c5ccc6c7ccccc7n(-c7ccccc7)c6c5)cc4-c4nc(-c5ccccc5)nc(-c5ccccc5)n4)c3c2)c1. The zero-order valence-corrected chi connectivity index (χ0v) is 40.4. The van der Waals surface area contributed by atoms with Crippen LogP contribution in [0.25, 0.3) is 127 Å². The van der Waals surface area contributed by atoms with E-state index >= 15 is 0 Å². The summed E-state index contributed by atoms with van der Waals surface area (Å²) in [4.78, 5) is 19.5. The van der Waals surface area contributed by atoms with E-state index in [4.69, 9.17) is 21.5 Å². The van der Waals surface area contributed by atoms with Gasteiger partial charge in [0.05, 0.1) is 63.7 Å². The Morgan fingerprint density at radius 3 is 1.33 bits per heavy atom. The maximum absolute atomic E-state index is 10.0. The summed E-state index contributed by atoms with van der Waals surface area (Å²) in [6.45, 7) is 7.87. The van der Waals surface area contributed by atoms with Gasteiger partial charge < -0.3 is 9.13 Å². The van der Waals surface area contributed by atoms with Crippen molar-refractivity contribution in [3.63, 3.8) is 0 Å². The Morgan fingerprint density at radius 1 is 0.342 bits per heavy atom. The quantitative estimate of drug-likeness (QED) is 0.140. The minimum atomic E-state index is 0.370. The summed E-state index contributed by atoms with van der Waals surface area (Å²) in [6, 6.07) is 81.5. The molecule has 0 aliphatic rings. The lowest BCUT2D eigenvalue weighted by atomic mass is 9.98. The molecule has 0 unspecified atom stereocenters. The third-order valence-corrected chi connectivity index (χ3v) is 14.0. The molecule has 10 aromatic carbocycles. The Kier molecular flexibility index (Phi) is 10.8. The zero-order chi connectivity index (χ0) is 51.3. The first kappa shape index (κ1) is 44.7. The van der Waals surface area contributed by atoms with Crippen molar-refractivity contribution in [2.45, 2.75) is 0 Å². The summed E-state index contributed by atoms with van der Waals surface area (Å²) in [7, 11) is 0. The topological polar surface area (TPSA) is 124 Å². The van der Waals surface area contributed by atoms with E-state index in [1.54, 1.807) is 24.3 Å². The van der Waals surface area contributed by atoms with Crippen molar-refractivity contribution >= 4 is 49.3 Å². The molecule has 350 valence electrons. The van der Waals surface area contributed by atoms with Gasteiger partial charge in [-0.3, -0.25) is 0 Å². The summed E-state index contributed by atoms with van der Waals surface area (Å²) >= 11 is 0. The molecule has 0 saturated heterocycles. The van der Waals surface area contributed by atoms with Crippen LogP contribution in [0.5, 0.6) is 0 Å². The largest absolute Gasteiger partial charge is 0.309 e. The number of fused-ring (bicyclic) bond motifs is 6. The molecule has 0 spiro atoms. The van der Waals surface area contributed by atoms with Crippen LogP contribution in [0.1, 0.15) is 16.7 Å².